The van der Waals surface area contributed by atoms with Gasteiger partial charge in [-0.25, -0.2) is 4.79 Å². The number of rotatable bonds is 8. The molecular formula is C29H24O4. The largest absolute Gasteiger partial charge is 0.489 e. The molecule has 4 aromatic rings. The lowest BCUT2D eigenvalue weighted by Crippen LogP contribution is -2.20. The zero-order chi connectivity index (χ0) is 23.0. The van der Waals surface area contributed by atoms with E-state index in [2.05, 4.69) is 0 Å². The number of aryl methyl sites for hydroxylation is 1. The van der Waals surface area contributed by atoms with Gasteiger partial charge in [0.15, 0.2) is 6.10 Å². The maximum Gasteiger partial charge on any atom is 0.339 e. The van der Waals surface area contributed by atoms with Crippen molar-refractivity contribution in [1.29, 1.82) is 0 Å². The third kappa shape index (κ3) is 5.74. The van der Waals surface area contributed by atoms with Gasteiger partial charge in [-0.1, -0.05) is 84.9 Å². The molecule has 33 heavy (non-hydrogen) atoms. The van der Waals surface area contributed by atoms with Crippen LogP contribution in [-0.2, 0) is 11.3 Å². The molecule has 0 fully saturated rings. The van der Waals surface area contributed by atoms with Gasteiger partial charge in [0.2, 0.25) is 5.78 Å². The van der Waals surface area contributed by atoms with Crippen molar-refractivity contribution in [2.45, 2.75) is 19.6 Å². The summed E-state index contributed by atoms with van der Waals surface area (Å²) in [6, 6.07) is 32.8. The Kier molecular flexibility index (Phi) is 6.96. The minimum absolute atomic E-state index is 0.265. The number of hydrogen-bond acceptors (Lipinski definition) is 4. The monoisotopic (exact) mass is 436 g/mol. The summed E-state index contributed by atoms with van der Waals surface area (Å²) in [7, 11) is 0. The number of carbonyl (C=O) groups excluding carboxylic acids is 2. The summed E-state index contributed by atoms with van der Waals surface area (Å²) < 4.78 is 11.5. The Hall–Kier alpha value is -4.18. The van der Waals surface area contributed by atoms with Crippen LogP contribution in [0.2, 0.25) is 0 Å². The number of Topliss-reactive ketones (excluding diaryl/α,β-unsaturated/α-hetero) is 1. The van der Waals surface area contributed by atoms with Crippen LogP contribution in [0.15, 0.2) is 109 Å². The van der Waals surface area contributed by atoms with E-state index in [0.29, 0.717) is 23.3 Å². The summed E-state index contributed by atoms with van der Waals surface area (Å²) >= 11 is 0. The Morgan fingerprint density at radius 1 is 0.727 bits per heavy atom. The first-order valence-electron chi connectivity index (χ1n) is 10.7. The van der Waals surface area contributed by atoms with Crippen molar-refractivity contribution in [1.82, 2.24) is 0 Å². The Morgan fingerprint density at radius 2 is 1.39 bits per heavy atom. The topological polar surface area (TPSA) is 52.6 Å². The van der Waals surface area contributed by atoms with Crippen LogP contribution in [0, 0.1) is 6.92 Å². The molecule has 0 aromatic heterocycles. The van der Waals surface area contributed by atoms with Crippen LogP contribution in [0.4, 0.5) is 0 Å². The molecule has 0 saturated carbocycles. The quantitative estimate of drug-likeness (QED) is 0.238. The molecule has 1 atom stereocenters. The van der Waals surface area contributed by atoms with Gasteiger partial charge in [-0.15, -0.1) is 0 Å². The normalized spacial score (nSPS) is 11.4. The van der Waals surface area contributed by atoms with Crippen LogP contribution in [0.1, 0.15) is 43.5 Å². The van der Waals surface area contributed by atoms with Crippen LogP contribution in [0.25, 0.3) is 0 Å². The van der Waals surface area contributed by atoms with Gasteiger partial charge < -0.3 is 9.47 Å². The first-order valence-corrected chi connectivity index (χ1v) is 10.7. The van der Waals surface area contributed by atoms with Gasteiger partial charge in [-0.05, 0) is 42.3 Å². The van der Waals surface area contributed by atoms with Crippen molar-refractivity contribution < 1.29 is 19.1 Å². The van der Waals surface area contributed by atoms with Crippen LogP contribution >= 0.6 is 0 Å². The number of ether oxygens (including phenoxy) is 2. The highest BCUT2D eigenvalue weighted by Crippen LogP contribution is 2.24. The van der Waals surface area contributed by atoms with E-state index >= 15 is 0 Å². The van der Waals surface area contributed by atoms with E-state index in [9.17, 15) is 9.59 Å². The minimum atomic E-state index is -1.02. The molecule has 4 nitrogen and oxygen atoms in total. The van der Waals surface area contributed by atoms with Crippen molar-refractivity contribution in [3.63, 3.8) is 0 Å². The van der Waals surface area contributed by atoms with Gasteiger partial charge in [-0.2, -0.15) is 0 Å². The number of ketones is 1. The highest BCUT2D eigenvalue weighted by Gasteiger charge is 2.26. The first kappa shape index (κ1) is 22.0. The Balaban J connectivity index is 1.47. The van der Waals surface area contributed by atoms with Gasteiger partial charge in [0.05, 0.1) is 5.56 Å². The lowest BCUT2D eigenvalue weighted by Gasteiger charge is -2.17. The molecule has 0 saturated heterocycles. The van der Waals surface area contributed by atoms with Gasteiger partial charge in [-0.3, -0.25) is 4.79 Å². The maximum atomic E-state index is 13.1. The fraction of sp³-hybridized carbons (Fsp3) is 0.103. The molecule has 0 aliphatic heterocycles. The standard InChI is InChI=1S/C29H24O4/c1-21-9-8-14-26(19-21)32-20-22-15-17-25(18-16-22)29(31)33-28(24-12-6-3-7-13-24)27(30)23-10-4-2-5-11-23/h2-19,28H,20H2,1H3/t28-/m1/s1. The fourth-order valence-electron chi connectivity index (χ4n) is 3.44. The molecule has 0 aliphatic carbocycles. The predicted molar refractivity (Wildman–Crippen MR) is 127 cm³/mol. The summed E-state index contributed by atoms with van der Waals surface area (Å²) in [4.78, 5) is 26.0. The molecule has 164 valence electrons. The van der Waals surface area contributed by atoms with Crippen molar-refractivity contribution in [3.8, 4) is 5.75 Å². The van der Waals surface area contributed by atoms with Crippen LogP contribution in [-0.4, -0.2) is 11.8 Å². The zero-order valence-electron chi connectivity index (χ0n) is 18.3. The van der Waals surface area contributed by atoms with E-state index in [1.807, 2.05) is 67.6 Å². The molecule has 0 unspecified atom stereocenters. The molecule has 0 amide bonds. The van der Waals surface area contributed by atoms with Crippen molar-refractivity contribution in [3.05, 3.63) is 137 Å². The number of hydrogen-bond donors (Lipinski definition) is 0. The van der Waals surface area contributed by atoms with Gasteiger partial charge in [0.25, 0.3) is 0 Å². The maximum absolute atomic E-state index is 13.1. The predicted octanol–water partition coefficient (Wildman–Crippen LogP) is 6.36. The second-order valence-corrected chi connectivity index (χ2v) is 7.73. The molecule has 0 heterocycles. The average Bonchev–Trinajstić information content (AvgIpc) is 2.87. The molecule has 0 N–H and O–H groups in total. The molecule has 0 radical (unpaired) electrons. The van der Waals surface area contributed by atoms with Crippen LogP contribution in [0.5, 0.6) is 5.75 Å². The summed E-state index contributed by atoms with van der Waals surface area (Å²) in [5, 5.41) is 0. The molecular weight excluding hydrogens is 412 g/mol. The summed E-state index contributed by atoms with van der Waals surface area (Å²) in [5.41, 5.74) is 3.54. The first-order chi connectivity index (χ1) is 16.1. The van der Waals surface area contributed by atoms with E-state index in [0.717, 1.165) is 16.9 Å². The number of carbonyl (C=O) groups is 2. The van der Waals surface area contributed by atoms with Crippen molar-refractivity contribution >= 4 is 11.8 Å². The third-order valence-electron chi connectivity index (χ3n) is 5.21. The highest BCUT2D eigenvalue weighted by atomic mass is 16.5. The second-order valence-electron chi connectivity index (χ2n) is 7.73. The molecule has 0 spiro atoms. The molecule has 0 bridgehead atoms. The SMILES string of the molecule is Cc1cccc(OCc2ccc(C(=O)O[C@@H](C(=O)c3ccccc3)c3ccccc3)cc2)c1. The summed E-state index contributed by atoms with van der Waals surface area (Å²) in [6.07, 6.45) is -1.02. The Bertz CT molecular complexity index is 1220. The molecule has 4 rings (SSSR count). The molecule has 4 heteroatoms. The molecule has 0 aliphatic rings. The average molecular weight is 437 g/mol. The van der Waals surface area contributed by atoms with E-state index in [1.54, 1.807) is 48.5 Å². The Morgan fingerprint density at radius 3 is 2.06 bits per heavy atom. The van der Waals surface area contributed by atoms with E-state index < -0.39 is 12.1 Å². The lowest BCUT2D eigenvalue weighted by atomic mass is 9.99. The lowest BCUT2D eigenvalue weighted by molar-refractivity contribution is 0.0280. The van der Waals surface area contributed by atoms with E-state index in [1.165, 1.54) is 0 Å². The zero-order valence-corrected chi connectivity index (χ0v) is 18.3. The van der Waals surface area contributed by atoms with E-state index in [4.69, 9.17) is 9.47 Å². The molecule has 4 aromatic carbocycles. The van der Waals surface area contributed by atoms with Gasteiger partial charge >= 0.3 is 5.97 Å². The fourth-order valence-corrected chi connectivity index (χ4v) is 3.44. The highest BCUT2D eigenvalue weighted by molar-refractivity contribution is 6.02. The van der Waals surface area contributed by atoms with Crippen LogP contribution in [0.3, 0.4) is 0 Å². The number of benzene rings is 4. The summed E-state index contributed by atoms with van der Waals surface area (Å²) in [5.74, 6) is -0.0266. The van der Waals surface area contributed by atoms with E-state index in [-0.39, 0.29) is 5.78 Å². The van der Waals surface area contributed by atoms with Crippen LogP contribution < -0.4 is 4.74 Å². The third-order valence-corrected chi connectivity index (χ3v) is 5.21. The van der Waals surface area contributed by atoms with Crippen molar-refractivity contribution in [2.75, 3.05) is 0 Å². The Labute approximate surface area is 193 Å². The van der Waals surface area contributed by atoms with Gasteiger partial charge in [0, 0.05) is 11.1 Å². The second kappa shape index (κ2) is 10.4. The van der Waals surface area contributed by atoms with Crippen molar-refractivity contribution in [2.24, 2.45) is 0 Å². The smallest absolute Gasteiger partial charge is 0.339 e. The van der Waals surface area contributed by atoms with Gasteiger partial charge in [0.1, 0.15) is 12.4 Å². The minimum Gasteiger partial charge on any atom is -0.489 e. The summed E-state index contributed by atoms with van der Waals surface area (Å²) in [6.45, 7) is 2.40. The number of esters is 1.